The van der Waals surface area contributed by atoms with Crippen LogP contribution in [0.5, 0.6) is 0 Å². The molecule has 0 spiro atoms. The lowest BCUT2D eigenvalue weighted by Gasteiger charge is -1.96. The second kappa shape index (κ2) is 4.39. The molecule has 0 aromatic heterocycles. The lowest BCUT2D eigenvalue weighted by atomic mass is 10.4. The highest BCUT2D eigenvalue weighted by Gasteiger charge is 2.24. The van der Waals surface area contributed by atoms with Crippen LogP contribution in [0.3, 0.4) is 0 Å². The van der Waals surface area contributed by atoms with Gasteiger partial charge in [-0.1, -0.05) is 13.3 Å². The Kier molecular flexibility index (Phi) is 3.78. The quantitative estimate of drug-likeness (QED) is 0.595. The summed E-state index contributed by atoms with van der Waals surface area (Å²) < 4.78 is 11.2. The van der Waals surface area contributed by atoms with E-state index in [4.69, 9.17) is 0 Å². The average molecular weight is 178 g/mol. The van der Waals surface area contributed by atoms with Crippen LogP contribution in [-0.2, 0) is 10.8 Å². The van der Waals surface area contributed by atoms with Gasteiger partial charge < -0.3 is 0 Å². The maximum Gasteiger partial charge on any atom is 0.0362 e. The van der Waals surface area contributed by atoms with Crippen LogP contribution < -0.4 is 0 Å². The Morgan fingerprint density at radius 3 is 2.90 bits per heavy atom. The van der Waals surface area contributed by atoms with Crippen molar-refractivity contribution in [1.29, 1.82) is 0 Å². The molecule has 1 aliphatic rings. The second-order valence-electron chi connectivity index (χ2n) is 2.62. The maximum atomic E-state index is 11.2. The molecule has 0 saturated carbocycles. The van der Waals surface area contributed by atoms with E-state index in [9.17, 15) is 4.21 Å². The second-order valence-corrected chi connectivity index (χ2v) is 5.57. The minimum atomic E-state index is -0.508. The highest BCUT2D eigenvalue weighted by atomic mass is 32.2. The third kappa shape index (κ3) is 3.62. The summed E-state index contributed by atoms with van der Waals surface area (Å²) in [5.74, 6) is 3.12. The molecule has 1 aliphatic heterocycles. The first-order valence-corrected chi connectivity index (χ1v) is 6.33. The molecule has 0 aliphatic carbocycles. The molecule has 0 bridgehead atoms. The van der Waals surface area contributed by atoms with Crippen LogP contribution in [0, 0.1) is 0 Å². The zero-order valence-corrected chi connectivity index (χ0v) is 7.97. The van der Waals surface area contributed by atoms with Crippen LogP contribution in [0.1, 0.15) is 19.8 Å². The van der Waals surface area contributed by atoms with Crippen LogP contribution in [0.25, 0.3) is 0 Å². The number of rotatable bonds is 5. The van der Waals surface area contributed by atoms with E-state index >= 15 is 0 Å². The van der Waals surface area contributed by atoms with Crippen molar-refractivity contribution in [2.75, 3.05) is 17.3 Å². The molecule has 1 saturated heterocycles. The van der Waals surface area contributed by atoms with Crippen molar-refractivity contribution in [1.82, 2.24) is 0 Å². The van der Waals surface area contributed by atoms with Gasteiger partial charge in [-0.3, -0.25) is 4.21 Å². The largest absolute Gasteiger partial charge is 0.260 e. The van der Waals surface area contributed by atoms with Gasteiger partial charge in [0.25, 0.3) is 0 Å². The van der Waals surface area contributed by atoms with Crippen molar-refractivity contribution >= 4 is 22.6 Å². The maximum absolute atomic E-state index is 11.2. The van der Waals surface area contributed by atoms with Gasteiger partial charge in [0.15, 0.2) is 0 Å². The first-order valence-electron chi connectivity index (χ1n) is 3.79. The summed E-state index contributed by atoms with van der Waals surface area (Å²) in [6.45, 7) is 2.14. The molecule has 2 unspecified atom stereocenters. The van der Waals surface area contributed by atoms with Crippen LogP contribution in [0.4, 0.5) is 0 Å². The van der Waals surface area contributed by atoms with E-state index in [1.54, 1.807) is 0 Å². The minimum Gasteiger partial charge on any atom is -0.260 e. The molecule has 1 fully saturated rings. The lowest BCUT2D eigenvalue weighted by Crippen LogP contribution is -2.06. The van der Waals surface area contributed by atoms with E-state index in [0.717, 1.165) is 23.2 Å². The van der Waals surface area contributed by atoms with Crippen molar-refractivity contribution in [2.45, 2.75) is 25.0 Å². The van der Waals surface area contributed by atoms with Crippen molar-refractivity contribution in [2.24, 2.45) is 0 Å². The van der Waals surface area contributed by atoms with Gasteiger partial charge in [0.05, 0.1) is 0 Å². The molecule has 1 heterocycles. The summed E-state index contributed by atoms with van der Waals surface area (Å²) in [4.78, 5) is 0. The SMILES string of the molecule is CCCCS(=O)CC1CS1. The standard InChI is InChI=1S/C7H14OS2/c1-2-3-4-10(8)6-7-5-9-7/h7H,2-6H2,1H3. The van der Waals surface area contributed by atoms with Crippen molar-refractivity contribution in [3.8, 4) is 0 Å². The van der Waals surface area contributed by atoms with E-state index in [1.165, 1.54) is 12.2 Å². The zero-order valence-electron chi connectivity index (χ0n) is 6.34. The number of unbranched alkanes of at least 4 members (excludes halogenated alkanes) is 1. The fourth-order valence-electron chi connectivity index (χ4n) is 0.760. The zero-order chi connectivity index (χ0) is 7.40. The van der Waals surface area contributed by atoms with E-state index in [1.807, 2.05) is 11.8 Å². The summed E-state index contributed by atoms with van der Waals surface area (Å²) in [6, 6.07) is 0. The van der Waals surface area contributed by atoms with Crippen LogP contribution in [-0.4, -0.2) is 26.7 Å². The van der Waals surface area contributed by atoms with Gasteiger partial charge in [-0.25, -0.2) is 0 Å². The van der Waals surface area contributed by atoms with Crippen LogP contribution in [0.2, 0.25) is 0 Å². The Balaban J connectivity index is 1.97. The van der Waals surface area contributed by atoms with Crippen molar-refractivity contribution < 1.29 is 4.21 Å². The predicted molar refractivity (Wildman–Crippen MR) is 49.0 cm³/mol. The molecule has 3 heteroatoms. The van der Waals surface area contributed by atoms with Crippen LogP contribution in [0.15, 0.2) is 0 Å². The van der Waals surface area contributed by atoms with E-state index < -0.39 is 10.8 Å². The highest BCUT2D eigenvalue weighted by molar-refractivity contribution is 8.07. The summed E-state index contributed by atoms with van der Waals surface area (Å²) in [5, 5.41) is 0.748. The Morgan fingerprint density at radius 2 is 2.40 bits per heavy atom. The molecular weight excluding hydrogens is 164 g/mol. The van der Waals surface area contributed by atoms with Crippen molar-refractivity contribution in [3.63, 3.8) is 0 Å². The minimum absolute atomic E-state index is 0.508. The first kappa shape index (κ1) is 8.60. The van der Waals surface area contributed by atoms with E-state index in [-0.39, 0.29) is 0 Å². The summed E-state index contributed by atoms with van der Waals surface area (Å²) in [7, 11) is -0.508. The molecule has 60 valence electrons. The monoisotopic (exact) mass is 178 g/mol. The fraction of sp³-hybridized carbons (Fsp3) is 1.00. The topological polar surface area (TPSA) is 17.1 Å². The summed E-state index contributed by atoms with van der Waals surface area (Å²) in [6.07, 6.45) is 2.30. The van der Waals surface area contributed by atoms with Gasteiger partial charge in [-0.05, 0) is 6.42 Å². The number of hydrogen-bond donors (Lipinski definition) is 0. The molecule has 0 radical (unpaired) electrons. The Labute approximate surface area is 69.4 Å². The lowest BCUT2D eigenvalue weighted by molar-refractivity contribution is 0.679. The molecule has 0 N–H and O–H groups in total. The molecule has 1 rings (SSSR count). The third-order valence-electron chi connectivity index (χ3n) is 1.50. The molecule has 0 amide bonds. The molecule has 2 atom stereocenters. The Bertz CT molecular complexity index is 121. The van der Waals surface area contributed by atoms with Gasteiger partial charge in [-0.2, -0.15) is 11.8 Å². The summed E-state index contributed by atoms with van der Waals surface area (Å²) in [5.41, 5.74) is 0. The number of hydrogen-bond acceptors (Lipinski definition) is 2. The van der Waals surface area contributed by atoms with Gasteiger partial charge in [0.2, 0.25) is 0 Å². The van der Waals surface area contributed by atoms with E-state index in [0.29, 0.717) is 0 Å². The predicted octanol–water partition coefficient (Wildman–Crippen LogP) is 1.65. The van der Waals surface area contributed by atoms with Crippen LogP contribution >= 0.6 is 11.8 Å². The molecule has 10 heavy (non-hydrogen) atoms. The third-order valence-corrected chi connectivity index (χ3v) is 4.20. The molecule has 0 aromatic carbocycles. The normalized spacial score (nSPS) is 26.3. The Morgan fingerprint density at radius 1 is 1.70 bits per heavy atom. The molecule has 0 aromatic rings. The summed E-state index contributed by atoms with van der Waals surface area (Å²) >= 11 is 1.94. The van der Waals surface area contributed by atoms with Gasteiger partial charge in [-0.15, -0.1) is 0 Å². The van der Waals surface area contributed by atoms with E-state index in [2.05, 4.69) is 6.92 Å². The first-order chi connectivity index (χ1) is 4.83. The molecular formula is C7H14OS2. The smallest absolute Gasteiger partial charge is 0.0362 e. The number of thioether (sulfide) groups is 1. The average Bonchev–Trinajstić information content (AvgIpc) is 2.67. The van der Waals surface area contributed by atoms with Gasteiger partial charge >= 0.3 is 0 Å². The highest BCUT2D eigenvalue weighted by Crippen LogP contribution is 2.30. The fourth-order valence-corrected chi connectivity index (χ4v) is 3.31. The van der Waals surface area contributed by atoms with Crippen molar-refractivity contribution in [3.05, 3.63) is 0 Å². The molecule has 1 nitrogen and oxygen atoms in total. The Hall–Kier alpha value is 0.500. The van der Waals surface area contributed by atoms with Gasteiger partial charge in [0, 0.05) is 33.3 Å². The van der Waals surface area contributed by atoms with Gasteiger partial charge in [0.1, 0.15) is 0 Å².